The van der Waals surface area contributed by atoms with Gasteiger partial charge in [-0.05, 0) is 19.0 Å². The Bertz CT molecular complexity index is 572. The molecule has 1 aromatic rings. The van der Waals surface area contributed by atoms with Crippen LogP contribution in [0.2, 0.25) is 5.02 Å². The van der Waals surface area contributed by atoms with Gasteiger partial charge in [-0.1, -0.05) is 23.3 Å². The summed E-state index contributed by atoms with van der Waals surface area (Å²) in [6.45, 7) is 2.14. The van der Waals surface area contributed by atoms with Crippen molar-refractivity contribution in [2.45, 2.75) is 6.42 Å². The third-order valence-electron chi connectivity index (χ3n) is 2.99. The van der Waals surface area contributed by atoms with E-state index in [1.54, 1.807) is 0 Å². The number of nitrogens with one attached hydrogen (secondary N) is 2. The number of benzene rings is 1. The van der Waals surface area contributed by atoms with Crippen molar-refractivity contribution in [3.05, 3.63) is 50.5 Å². The zero-order chi connectivity index (χ0) is 14.5. The largest absolute Gasteiger partial charge is 0.348 e. The van der Waals surface area contributed by atoms with Crippen LogP contribution < -0.4 is 10.6 Å². The molecular weight excluding hydrogens is 282 g/mol. The summed E-state index contributed by atoms with van der Waals surface area (Å²) in [6, 6.07) is 3.85. The normalized spacial score (nSPS) is 14.6. The van der Waals surface area contributed by atoms with Gasteiger partial charge in [-0.3, -0.25) is 14.9 Å². The van der Waals surface area contributed by atoms with E-state index < -0.39 is 4.92 Å². The van der Waals surface area contributed by atoms with Crippen LogP contribution in [-0.2, 0) is 0 Å². The van der Waals surface area contributed by atoms with Gasteiger partial charge in [0.05, 0.1) is 4.92 Å². The summed E-state index contributed by atoms with van der Waals surface area (Å²) >= 11 is 5.78. The Morgan fingerprint density at radius 2 is 2.25 bits per heavy atom. The summed E-state index contributed by atoms with van der Waals surface area (Å²) in [4.78, 5) is 22.1. The molecule has 0 atom stereocenters. The molecular formula is C13H14ClN3O3. The highest BCUT2D eigenvalue weighted by molar-refractivity contribution is 6.31. The zero-order valence-corrected chi connectivity index (χ0v) is 11.4. The Labute approximate surface area is 121 Å². The number of carbonyl (C=O) groups is 1. The fraction of sp³-hybridized carbons (Fsp3) is 0.308. The van der Waals surface area contributed by atoms with Crippen LogP contribution in [0, 0.1) is 10.1 Å². The van der Waals surface area contributed by atoms with Crippen molar-refractivity contribution >= 4 is 23.2 Å². The molecule has 1 aromatic carbocycles. The molecule has 0 aliphatic carbocycles. The average Bonchev–Trinajstić information content (AvgIpc) is 2.45. The lowest BCUT2D eigenvalue weighted by molar-refractivity contribution is -0.384. The van der Waals surface area contributed by atoms with E-state index in [9.17, 15) is 14.9 Å². The van der Waals surface area contributed by atoms with Gasteiger partial charge < -0.3 is 10.6 Å². The number of halogens is 1. The highest BCUT2D eigenvalue weighted by Crippen LogP contribution is 2.20. The van der Waals surface area contributed by atoms with Crippen LogP contribution >= 0.6 is 11.6 Å². The van der Waals surface area contributed by atoms with E-state index in [-0.39, 0.29) is 22.2 Å². The van der Waals surface area contributed by atoms with E-state index in [0.717, 1.165) is 25.1 Å². The lowest BCUT2D eigenvalue weighted by Gasteiger charge is -2.14. The molecule has 1 amide bonds. The van der Waals surface area contributed by atoms with E-state index in [2.05, 4.69) is 10.6 Å². The quantitative estimate of drug-likeness (QED) is 0.505. The van der Waals surface area contributed by atoms with Crippen molar-refractivity contribution in [1.29, 1.82) is 0 Å². The molecule has 0 fully saturated rings. The van der Waals surface area contributed by atoms with E-state index >= 15 is 0 Å². The standard InChI is InChI=1S/C13H14ClN3O3/c14-11-5-10(6-12(7-11)17(19)20)13(18)16-8-9-1-3-15-4-2-9/h1,5-7,15H,2-4,8H2,(H,16,18). The van der Waals surface area contributed by atoms with Gasteiger partial charge >= 0.3 is 0 Å². The molecule has 0 unspecified atom stereocenters. The monoisotopic (exact) mass is 295 g/mol. The SMILES string of the molecule is O=C(NCC1=CCNCC1)c1cc(Cl)cc([N+](=O)[O-])c1. The number of nitrogens with zero attached hydrogens (tertiary/aromatic N) is 1. The Morgan fingerprint density at radius 1 is 1.45 bits per heavy atom. The van der Waals surface area contributed by atoms with Crippen molar-refractivity contribution in [1.82, 2.24) is 10.6 Å². The van der Waals surface area contributed by atoms with Gasteiger partial charge in [0.25, 0.3) is 11.6 Å². The molecule has 7 heteroatoms. The van der Waals surface area contributed by atoms with E-state index in [1.807, 2.05) is 6.08 Å². The maximum atomic E-state index is 12.0. The second-order valence-corrected chi connectivity index (χ2v) is 4.89. The third kappa shape index (κ3) is 3.79. The molecule has 0 spiro atoms. The molecule has 0 saturated carbocycles. The number of rotatable bonds is 4. The van der Waals surface area contributed by atoms with Crippen LogP contribution in [-0.4, -0.2) is 30.5 Å². The molecule has 0 saturated heterocycles. The predicted octanol–water partition coefficient (Wildman–Crippen LogP) is 1.90. The van der Waals surface area contributed by atoms with E-state index in [1.165, 1.54) is 18.2 Å². The smallest absolute Gasteiger partial charge is 0.271 e. The summed E-state index contributed by atoms with van der Waals surface area (Å²) in [5, 5.41) is 16.8. The summed E-state index contributed by atoms with van der Waals surface area (Å²) in [7, 11) is 0. The Kier molecular flexibility index (Phi) is 4.70. The van der Waals surface area contributed by atoms with Crippen LogP contribution in [0.3, 0.4) is 0 Å². The molecule has 0 aromatic heterocycles. The number of hydrogen-bond donors (Lipinski definition) is 2. The third-order valence-corrected chi connectivity index (χ3v) is 3.21. The average molecular weight is 296 g/mol. The Morgan fingerprint density at radius 3 is 2.90 bits per heavy atom. The minimum atomic E-state index is -0.571. The molecule has 1 aliphatic heterocycles. The molecule has 106 valence electrons. The van der Waals surface area contributed by atoms with E-state index in [4.69, 9.17) is 11.6 Å². The molecule has 2 rings (SSSR count). The first kappa shape index (κ1) is 14.5. The summed E-state index contributed by atoms with van der Waals surface area (Å²) in [5.41, 5.74) is 1.15. The van der Waals surface area contributed by atoms with Gasteiger partial charge in [-0.25, -0.2) is 0 Å². The minimum Gasteiger partial charge on any atom is -0.348 e. The van der Waals surface area contributed by atoms with Gasteiger partial charge in [0, 0.05) is 35.8 Å². The molecule has 2 N–H and O–H groups in total. The lowest BCUT2D eigenvalue weighted by Crippen LogP contribution is -2.29. The van der Waals surface area contributed by atoms with Crippen LogP contribution in [0.5, 0.6) is 0 Å². The van der Waals surface area contributed by atoms with Gasteiger partial charge in [-0.2, -0.15) is 0 Å². The number of amides is 1. The first-order valence-electron chi connectivity index (χ1n) is 6.18. The van der Waals surface area contributed by atoms with Crippen molar-refractivity contribution < 1.29 is 9.72 Å². The first-order valence-corrected chi connectivity index (χ1v) is 6.56. The number of carbonyl (C=O) groups excluding carboxylic acids is 1. The summed E-state index contributed by atoms with van der Waals surface area (Å²) in [6.07, 6.45) is 2.92. The number of nitro benzene ring substituents is 1. The van der Waals surface area contributed by atoms with Crippen molar-refractivity contribution in [2.24, 2.45) is 0 Å². The Balaban J connectivity index is 2.05. The van der Waals surface area contributed by atoms with Gasteiger partial charge in [0.2, 0.25) is 0 Å². The highest BCUT2D eigenvalue weighted by atomic mass is 35.5. The minimum absolute atomic E-state index is 0.172. The number of hydrogen-bond acceptors (Lipinski definition) is 4. The number of non-ortho nitro benzene ring substituents is 1. The maximum Gasteiger partial charge on any atom is 0.271 e. The summed E-state index contributed by atoms with van der Waals surface area (Å²) in [5.74, 6) is -0.366. The van der Waals surface area contributed by atoms with Crippen LogP contribution in [0.1, 0.15) is 16.8 Å². The first-order chi connectivity index (χ1) is 9.56. The second kappa shape index (κ2) is 6.49. The maximum absolute atomic E-state index is 12.0. The molecule has 6 nitrogen and oxygen atoms in total. The summed E-state index contributed by atoms with van der Waals surface area (Å²) < 4.78 is 0. The van der Waals surface area contributed by atoms with Crippen LogP contribution in [0.25, 0.3) is 0 Å². The van der Waals surface area contributed by atoms with Crippen LogP contribution in [0.15, 0.2) is 29.8 Å². The van der Waals surface area contributed by atoms with Gasteiger partial charge in [0.1, 0.15) is 0 Å². The van der Waals surface area contributed by atoms with Crippen LogP contribution in [0.4, 0.5) is 5.69 Å². The fourth-order valence-electron chi connectivity index (χ4n) is 1.94. The molecule has 1 heterocycles. The molecule has 1 aliphatic rings. The Hall–Kier alpha value is -1.92. The number of nitro groups is 1. The highest BCUT2D eigenvalue weighted by Gasteiger charge is 2.14. The van der Waals surface area contributed by atoms with Gasteiger partial charge in [0.15, 0.2) is 0 Å². The zero-order valence-electron chi connectivity index (χ0n) is 10.7. The molecule has 0 radical (unpaired) electrons. The molecule has 20 heavy (non-hydrogen) atoms. The lowest BCUT2D eigenvalue weighted by atomic mass is 10.1. The molecule has 0 bridgehead atoms. The second-order valence-electron chi connectivity index (χ2n) is 4.45. The van der Waals surface area contributed by atoms with Crippen molar-refractivity contribution in [3.63, 3.8) is 0 Å². The van der Waals surface area contributed by atoms with Crippen molar-refractivity contribution in [2.75, 3.05) is 19.6 Å². The van der Waals surface area contributed by atoms with Crippen molar-refractivity contribution in [3.8, 4) is 0 Å². The van der Waals surface area contributed by atoms with Gasteiger partial charge in [-0.15, -0.1) is 0 Å². The predicted molar refractivity (Wildman–Crippen MR) is 76.0 cm³/mol. The fourth-order valence-corrected chi connectivity index (χ4v) is 2.17. The topological polar surface area (TPSA) is 84.3 Å². The van der Waals surface area contributed by atoms with E-state index in [0.29, 0.717) is 6.54 Å².